The fourth-order valence-corrected chi connectivity index (χ4v) is 2.36. The molecular formula is C14H11Cl2NO3. The zero-order valence-corrected chi connectivity index (χ0v) is 12.3. The first kappa shape index (κ1) is 14.6. The molecule has 1 aliphatic heterocycles. The lowest BCUT2D eigenvalue weighted by Gasteiger charge is -2.04. The lowest BCUT2D eigenvalue weighted by molar-refractivity contribution is -0.136. The minimum absolute atomic E-state index is 0.212. The van der Waals surface area contributed by atoms with Gasteiger partial charge in [-0.1, -0.05) is 29.3 Å². The maximum absolute atomic E-state index is 11.9. The van der Waals surface area contributed by atoms with Crippen molar-refractivity contribution in [3.05, 3.63) is 50.7 Å². The van der Waals surface area contributed by atoms with E-state index in [0.717, 1.165) is 0 Å². The van der Waals surface area contributed by atoms with E-state index in [1.54, 1.807) is 25.1 Å². The van der Waals surface area contributed by atoms with Gasteiger partial charge in [0.1, 0.15) is 0 Å². The number of hydrogen-bond donors (Lipinski definition) is 1. The molecule has 0 spiro atoms. The van der Waals surface area contributed by atoms with Gasteiger partial charge in [0.2, 0.25) is 0 Å². The molecular weight excluding hydrogens is 301 g/mol. The average molecular weight is 312 g/mol. The summed E-state index contributed by atoms with van der Waals surface area (Å²) in [5, 5.41) is 3.47. The minimum atomic E-state index is -0.572. The van der Waals surface area contributed by atoms with Crippen molar-refractivity contribution in [1.29, 1.82) is 0 Å². The summed E-state index contributed by atoms with van der Waals surface area (Å²) in [6.45, 7) is 1.63. The lowest BCUT2D eigenvalue weighted by Crippen LogP contribution is -2.15. The Kier molecular flexibility index (Phi) is 4.16. The van der Waals surface area contributed by atoms with Crippen LogP contribution in [0.5, 0.6) is 0 Å². The van der Waals surface area contributed by atoms with Crippen molar-refractivity contribution in [1.82, 2.24) is 5.32 Å². The van der Waals surface area contributed by atoms with Gasteiger partial charge in [-0.2, -0.15) is 0 Å². The molecule has 0 fully saturated rings. The molecule has 1 amide bonds. The van der Waals surface area contributed by atoms with E-state index in [1.165, 1.54) is 13.2 Å². The van der Waals surface area contributed by atoms with E-state index in [0.29, 0.717) is 21.3 Å². The predicted molar refractivity (Wildman–Crippen MR) is 77.3 cm³/mol. The molecule has 0 atom stereocenters. The van der Waals surface area contributed by atoms with Gasteiger partial charge in [0, 0.05) is 15.7 Å². The highest BCUT2D eigenvalue weighted by Gasteiger charge is 2.30. The highest BCUT2D eigenvalue weighted by molar-refractivity contribution is 6.35. The van der Waals surface area contributed by atoms with Gasteiger partial charge in [0.25, 0.3) is 5.91 Å². The number of amides is 1. The Morgan fingerprint density at radius 3 is 2.65 bits per heavy atom. The molecule has 20 heavy (non-hydrogen) atoms. The van der Waals surface area contributed by atoms with Gasteiger partial charge in [-0.15, -0.1) is 0 Å². The van der Waals surface area contributed by atoms with E-state index in [-0.39, 0.29) is 17.1 Å². The van der Waals surface area contributed by atoms with Crippen molar-refractivity contribution in [3.63, 3.8) is 0 Å². The number of rotatable bonds is 2. The highest BCUT2D eigenvalue weighted by atomic mass is 35.5. The summed E-state index contributed by atoms with van der Waals surface area (Å²) in [7, 11) is 1.26. The molecule has 0 saturated heterocycles. The molecule has 1 heterocycles. The number of esters is 1. The fourth-order valence-electron chi connectivity index (χ4n) is 1.89. The number of carbonyl (C=O) groups is 2. The summed E-state index contributed by atoms with van der Waals surface area (Å²) in [4.78, 5) is 23.6. The van der Waals surface area contributed by atoms with E-state index >= 15 is 0 Å². The van der Waals surface area contributed by atoms with Crippen LogP contribution in [0.4, 0.5) is 0 Å². The van der Waals surface area contributed by atoms with E-state index in [2.05, 4.69) is 10.1 Å². The van der Waals surface area contributed by atoms with E-state index in [4.69, 9.17) is 23.2 Å². The van der Waals surface area contributed by atoms with Gasteiger partial charge in [-0.25, -0.2) is 4.79 Å². The van der Waals surface area contributed by atoms with E-state index < -0.39 is 5.97 Å². The number of methoxy groups -OCH3 is 1. The van der Waals surface area contributed by atoms with Crippen molar-refractivity contribution in [2.45, 2.75) is 6.92 Å². The Morgan fingerprint density at radius 1 is 1.35 bits per heavy atom. The monoisotopic (exact) mass is 311 g/mol. The largest absolute Gasteiger partial charge is 0.465 e. The second-order valence-electron chi connectivity index (χ2n) is 4.17. The third kappa shape index (κ3) is 2.71. The van der Waals surface area contributed by atoms with Crippen molar-refractivity contribution in [2.75, 3.05) is 7.11 Å². The van der Waals surface area contributed by atoms with Crippen LogP contribution in [0.1, 0.15) is 12.5 Å². The van der Waals surface area contributed by atoms with Crippen LogP contribution in [0.25, 0.3) is 6.08 Å². The van der Waals surface area contributed by atoms with Gasteiger partial charge in [-0.3, -0.25) is 4.79 Å². The van der Waals surface area contributed by atoms with Crippen molar-refractivity contribution in [2.24, 2.45) is 0 Å². The van der Waals surface area contributed by atoms with Crippen molar-refractivity contribution in [3.8, 4) is 0 Å². The maximum Gasteiger partial charge on any atom is 0.340 e. The smallest absolute Gasteiger partial charge is 0.340 e. The van der Waals surface area contributed by atoms with Gasteiger partial charge >= 0.3 is 5.97 Å². The number of allylic oxidation sites excluding steroid dienone is 1. The maximum atomic E-state index is 11.9. The summed E-state index contributed by atoms with van der Waals surface area (Å²) in [5.74, 6) is -0.939. The third-order valence-electron chi connectivity index (χ3n) is 2.84. The molecule has 1 aromatic carbocycles. The number of nitrogens with one attached hydrogen (secondary N) is 1. The summed E-state index contributed by atoms with van der Waals surface area (Å²) in [6, 6.07) is 4.89. The van der Waals surface area contributed by atoms with Crippen LogP contribution in [-0.4, -0.2) is 19.0 Å². The number of hydrogen-bond acceptors (Lipinski definition) is 3. The topological polar surface area (TPSA) is 55.4 Å². The highest BCUT2D eigenvalue weighted by Crippen LogP contribution is 2.28. The Labute approximate surface area is 126 Å². The Bertz CT molecular complexity index is 662. The van der Waals surface area contributed by atoms with Crippen molar-refractivity contribution >= 4 is 41.2 Å². The van der Waals surface area contributed by atoms with Crippen LogP contribution in [0.15, 0.2) is 35.0 Å². The minimum Gasteiger partial charge on any atom is -0.465 e. The summed E-state index contributed by atoms with van der Waals surface area (Å²) in [6.07, 6.45) is 1.54. The molecule has 0 bridgehead atoms. The van der Waals surface area contributed by atoms with Crippen molar-refractivity contribution < 1.29 is 14.3 Å². The summed E-state index contributed by atoms with van der Waals surface area (Å²) >= 11 is 11.9. The predicted octanol–water partition coefficient (Wildman–Crippen LogP) is 2.95. The van der Waals surface area contributed by atoms with Crippen LogP contribution in [-0.2, 0) is 14.3 Å². The quantitative estimate of drug-likeness (QED) is 0.675. The molecule has 0 radical (unpaired) electrons. The average Bonchev–Trinajstić information content (AvgIpc) is 2.66. The zero-order chi connectivity index (χ0) is 14.9. The number of benzene rings is 1. The van der Waals surface area contributed by atoms with Crippen LogP contribution >= 0.6 is 23.2 Å². The summed E-state index contributed by atoms with van der Waals surface area (Å²) in [5.41, 5.74) is 1.48. The molecule has 6 heteroatoms. The second kappa shape index (κ2) is 5.69. The van der Waals surface area contributed by atoms with Gasteiger partial charge in [0.15, 0.2) is 0 Å². The van der Waals surface area contributed by atoms with E-state index in [1.807, 2.05) is 0 Å². The Hall–Kier alpha value is -1.78. The molecule has 1 aromatic rings. The van der Waals surface area contributed by atoms with Gasteiger partial charge in [-0.05, 0) is 30.7 Å². The lowest BCUT2D eigenvalue weighted by atomic mass is 10.0. The first-order chi connectivity index (χ1) is 9.43. The van der Waals surface area contributed by atoms with Gasteiger partial charge < -0.3 is 10.1 Å². The molecule has 0 unspecified atom stereocenters. The number of halogens is 2. The fraction of sp³-hybridized carbons (Fsp3) is 0.143. The Morgan fingerprint density at radius 2 is 2.05 bits per heavy atom. The molecule has 1 aliphatic rings. The molecule has 0 saturated carbocycles. The zero-order valence-electron chi connectivity index (χ0n) is 10.8. The first-order valence-electron chi connectivity index (χ1n) is 5.71. The SMILES string of the molecule is COC(=O)C1=C(C)NC(=O)/C1=C\c1ccc(Cl)cc1Cl. The van der Waals surface area contributed by atoms with E-state index in [9.17, 15) is 9.59 Å². The molecule has 2 rings (SSSR count). The number of carbonyl (C=O) groups excluding carboxylic acids is 2. The first-order valence-corrected chi connectivity index (χ1v) is 6.47. The molecule has 0 aromatic heterocycles. The molecule has 0 aliphatic carbocycles. The normalized spacial score (nSPS) is 16.6. The molecule has 4 nitrogen and oxygen atoms in total. The Balaban J connectivity index is 2.51. The molecule has 1 N–H and O–H groups in total. The van der Waals surface area contributed by atoms with Gasteiger partial charge in [0.05, 0.1) is 18.3 Å². The van der Waals surface area contributed by atoms with Crippen LogP contribution < -0.4 is 5.32 Å². The summed E-state index contributed by atoms with van der Waals surface area (Å²) < 4.78 is 4.69. The van der Waals surface area contributed by atoms with Crippen LogP contribution in [0.2, 0.25) is 10.0 Å². The second-order valence-corrected chi connectivity index (χ2v) is 5.01. The van der Waals surface area contributed by atoms with Crippen LogP contribution in [0.3, 0.4) is 0 Å². The third-order valence-corrected chi connectivity index (χ3v) is 3.40. The number of ether oxygens (including phenoxy) is 1. The van der Waals surface area contributed by atoms with Crippen LogP contribution in [0, 0.1) is 0 Å². The molecule has 104 valence electrons. The standard InChI is InChI=1S/C14H11Cl2NO3/c1-7-12(14(19)20-2)10(13(18)17-7)5-8-3-4-9(15)6-11(8)16/h3-6H,1-2H3,(H,17,18)/b10-5-.